The van der Waals surface area contributed by atoms with Crippen molar-refractivity contribution in [1.29, 1.82) is 0 Å². The Morgan fingerprint density at radius 2 is 1.76 bits per heavy atom. The fourth-order valence-corrected chi connectivity index (χ4v) is 2.33. The van der Waals surface area contributed by atoms with Crippen LogP contribution in [0.5, 0.6) is 0 Å². The largest absolute Gasteiger partial charge is 0.478 e. The fourth-order valence-electron chi connectivity index (χ4n) is 1.97. The van der Waals surface area contributed by atoms with Crippen LogP contribution in [0.15, 0.2) is 40.9 Å². The van der Waals surface area contributed by atoms with E-state index in [2.05, 4.69) is 21.2 Å². The number of carboxylic acids is 1. The number of carboxylic acid groups (broad SMARTS) is 1. The lowest BCUT2D eigenvalue weighted by Crippen LogP contribution is -2.16. The van der Waals surface area contributed by atoms with Crippen LogP contribution in [-0.2, 0) is 0 Å². The summed E-state index contributed by atoms with van der Waals surface area (Å²) in [7, 11) is 0. The highest BCUT2D eigenvalue weighted by Crippen LogP contribution is 2.21. The van der Waals surface area contributed by atoms with Crippen molar-refractivity contribution in [1.82, 2.24) is 0 Å². The molecule has 21 heavy (non-hydrogen) atoms. The SMILES string of the molecule is Cc1ccc(NC(=O)c2cc(Br)ccc2C)c(C(=O)O)c1. The minimum Gasteiger partial charge on any atom is -0.478 e. The molecular formula is C16H14BrNO3. The number of carbonyl (C=O) groups excluding carboxylic acids is 1. The van der Waals surface area contributed by atoms with E-state index in [9.17, 15) is 14.7 Å². The third kappa shape index (κ3) is 3.49. The minimum absolute atomic E-state index is 0.0796. The van der Waals surface area contributed by atoms with E-state index in [1.165, 1.54) is 6.07 Å². The second kappa shape index (κ2) is 6.10. The molecule has 2 rings (SSSR count). The Labute approximate surface area is 130 Å². The van der Waals surface area contributed by atoms with Gasteiger partial charge in [0.1, 0.15) is 0 Å². The molecule has 0 radical (unpaired) electrons. The molecule has 0 bridgehead atoms. The van der Waals surface area contributed by atoms with Crippen LogP contribution in [0.4, 0.5) is 5.69 Å². The zero-order valence-corrected chi connectivity index (χ0v) is 13.2. The van der Waals surface area contributed by atoms with Crippen LogP contribution in [0.25, 0.3) is 0 Å². The fraction of sp³-hybridized carbons (Fsp3) is 0.125. The zero-order valence-electron chi connectivity index (χ0n) is 11.6. The summed E-state index contributed by atoms with van der Waals surface area (Å²) in [5.74, 6) is -1.40. The second-order valence-corrected chi connectivity index (χ2v) is 5.68. The quantitative estimate of drug-likeness (QED) is 0.881. The maximum atomic E-state index is 12.3. The van der Waals surface area contributed by atoms with Crippen molar-refractivity contribution in [3.63, 3.8) is 0 Å². The van der Waals surface area contributed by atoms with Crippen LogP contribution in [0.1, 0.15) is 31.8 Å². The maximum absolute atomic E-state index is 12.3. The topological polar surface area (TPSA) is 66.4 Å². The van der Waals surface area contributed by atoms with E-state index < -0.39 is 5.97 Å². The van der Waals surface area contributed by atoms with Gasteiger partial charge in [0.2, 0.25) is 0 Å². The Balaban J connectivity index is 2.36. The molecule has 0 unspecified atom stereocenters. The van der Waals surface area contributed by atoms with Crippen molar-refractivity contribution < 1.29 is 14.7 Å². The summed E-state index contributed by atoms with van der Waals surface area (Å²) >= 11 is 3.32. The van der Waals surface area contributed by atoms with Gasteiger partial charge < -0.3 is 10.4 Å². The summed E-state index contributed by atoms with van der Waals surface area (Å²) in [5.41, 5.74) is 2.51. The molecule has 0 aliphatic rings. The van der Waals surface area contributed by atoms with Gasteiger partial charge in [0.05, 0.1) is 11.3 Å². The van der Waals surface area contributed by atoms with Crippen LogP contribution in [0.3, 0.4) is 0 Å². The van der Waals surface area contributed by atoms with Crippen LogP contribution >= 0.6 is 15.9 Å². The molecule has 0 aliphatic heterocycles. The van der Waals surface area contributed by atoms with Gasteiger partial charge in [-0.25, -0.2) is 4.79 Å². The molecule has 0 spiro atoms. The Kier molecular flexibility index (Phi) is 4.43. The van der Waals surface area contributed by atoms with Crippen molar-refractivity contribution >= 4 is 33.5 Å². The molecule has 0 aromatic heterocycles. The lowest BCUT2D eigenvalue weighted by molar-refractivity contribution is 0.0698. The molecule has 0 saturated heterocycles. The van der Waals surface area contributed by atoms with E-state index in [-0.39, 0.29) is 17.2 Å². The molecule has 2 aromatic carbocycles. The van der Waals surface area contributed by atoms with Gasteiger partial charge in [0.15, 0.2) is 0 Å². The van der Waals surface area contributed by atoms with E-state index in [1.54, 1.807) is 25.1 Å². The molecule has 0 fully saturated rings. The second-order valence-electron chi connectivity index (χ2n) is 4.77. The Morgan fingerprint density at radius 1 is 1.05 bits per heavy atom. The molecule has 5 heteroatoms. The molecule has 0 aliphatic carbocycles. The number of amides is 1. The zero-order chi connectivity index (χ0) is 15.6. The Bertz CT molecular complexity index is 725. The van der Waals surface area contributed by atoms with Crippen LogP contribution in [0, 0.1) is 13.8 Å². The van der Waals surface area contributed by atoms with Crippen molar-refractivity contribution in [3.8, 4) is 0 Å². The first-order chi connectivity index (χ1) is 9.88. The molecule has 0 atom stereocenters. The highest BCUT2D eigenvalue weighted by Gasteiger charge is 2.15. The molecule has 0 heterocycles. The number of benzene rings is 2. The molecule has 2 aromatic rings. The van der Waals surface area contributed by atoms with E-state index >= 15 is 0 Å². The van der Waals surface area contributed by atoms with Gasteiger partial charge in [-0.1, -0.05) is 33.6 Å². The number of hydrogen-bond acceptors (Lipinski definition) is 2. The number of anilines is 1. The summed E-state index contributed by atoms with van der Waals surface area (Å²) in [6, 6.07) is 10.3. The highest BCUT2D eigenvalue weighted by atomic mass is 79.9. The molecule has 0 saturated carbocycles. The van der Waals surface area contributed by atoms with E-state index in [0.717, 1.165) is 15.6 Å². The number of carbonyl (C=O) groups is 2. The normalized spacial score (nSPS) is 10.2. The van der Waals surface area contributed by atoms with Gasteiger partial charge in [-0.3, -0.25) is 4.79 Å². The van der Waals surface area contributed by atoms with Crippen molar-refractivity contribution in [3.05, 3.63) is 63.1 Å². The monoisotopic (exact) mass is 347 g/mol. The van der Waals surface area contributed by atoms with Crippen molar-refractivity contribution in [2.45, 2.75) is 13.8 Å². The summed E-state index contributed by atoms with van der Waals surface area (Å²) in [6.07, 6.45) is 0. The van der Waals surface area contributed by atoms with Gasteiger partial charge in [0, 0.05) is 10.0 Å². The Morgan fingerprint density at radius 3 is 2.43 bits per heavy atom. The molecule has 2 N–H and O–H groups in total. The molecule has 108 valence electrons. The van der Waals surface area contributed by atoms with E-state index in [0.29, 0.717) is 5.56 Å². The first-order valence-corrected chi connectivity index (χ1v) is 7.09. The van der Waals surface area contributed by atoms with Crippen LogP contribution in [-0.4, -0.2) is 17.0 Å². The number of nitrogens with one attached hydrogen (secondary N) is 1. The lowest BCUT2D eigenvalue weighted by Gasteiger charge is -2.11. The lowest BCUT2D eigenvalue weighted by atomic mass is 10.1. The number of aryl methyl sites for hydroxylation is 2. The smallest absolute Gasteiger partial charge is 0.337 e. The summed E-state index contributed by atoms with van der Waals surface area (Å²) in [5, 5.41) is 11.9. The molecule has 4 nitrogen and oxygen atoms in total. The van der Waals surface area contributed by atoms with Gasteiger partial charge in [-0.2, -0.15) is 0 Å². The van der Waals surface area contributed by atoms with E-state index in [4.69, 9.17) is 0 Å². The van der Waals surface area contributed by atoms with Crippen molar-refractivity contribution in [2.24, 2.45) is 0 Å². The van der Waals surface area contributed by atoms with E-state index in [1.807, 2.05) is 19.1 Å². The third-order valence-corrected chi connectivity index (χ3v) is 3.59. The standard InChI is InChI=1S/C16H14BrNO3/c1-9-3-6-14(13(7-9)16(20)21)18-15(19)12-8-11(17)5-4-10(12)2/h3-8H,1-2H3,(H,18,19)(H,20,21). The first-order valence-electron chi connectivity index (χ1n) is 6.30. The number of halogens is 1. The van der Waals surface area contributed by atoms with Gasteiger partial charge >= 0.3 is 5.97 Å². The number of aromatic carboxylic acids is 1. The average Bonchev–Trinajstić information content (AvgIpc) is 2.43. The summed E-state index contributed by atoms with van der Waals surface area (Å²) in [6.45, 7) is 3.63. The summed E-state index contributed by atoms with van der Waals surface area (Å²) in [4.78, 5) is 23.6. The van der Waals surface area contributed by atoms with Crippen LogP contribution < -0.4 is 5.32 Å². The maximum Gasteiger partial charge on any atom is 0.337 e. The predicted octanol–water partition coefficient (Wildman–Crippen LogP) is 4.02. The van der Waals surface area contributed by atoms with Gasteiger partial charge in [0.25, 0.3) is 5.91 Å². The highest BCUT2D eigenvalue weighted by molar-refractivity contribution is 9.10. The predicted molar refractivity (Wildman–Crippen MR) is 85.0 cm³/mol. The molecule has 1 amide bonds. The Hall–Kier alpha value is -2.14. The molecular weight excluding hydrogens is 334 g/mol. The minimum atomic E-state index is -1.07. The number of hydrogen-bond donors (Lipinski definition) is 2. The van der Waals surface area contributed by atoms with Gasteiger partial charge in [-0.15, -0.1) is 0 Å². The number of rotatable bonds is 3. The van der Waals surface area contributed by atoms with Crippen molar-refractivity contribution in [2.75, 3.05) is 5.32 Å². The first kappa shape index (κ1) is 15.3. The van der Waals surface area contributed by atoms with Gasteiger partial charge in [-0.05, 0) is 43.7 Å². The summed E-state index contributed by atoms with van der Waals surface area (Å²) < 4.78 is 0.792. The third-order valence-electron chi connectivity index (χ3n) is 3.10. The average molecular weight is 348 g/mol. The van der Waals surface area contributed by atoms with Crippen LogP contribution in [0.2, 0.25) is 0 Å².